The Morgan fingerprint density at radius 3 is 2.62 bits per heavy atom. The Bertz CT molecular complexity index is 606. The van der Waals surface area contributed by atoms with E-state index < -0.39 is 0 Å². The van der Waals surface area contributed by atoms with Gasteiger partial charge in [-0.2, -0.15) is 0 Å². The molecule has 0 saturated carbocycles. The van der Waals surface area contributed by atoms with Crippen LogP contribution in [-0.2, 0) is 9.53 Å². The summed E-state index contributed by atoms with van der Waals surface area (Å²) in [5.74, 6) is 0.994. The van der Waals surface area contributed by atoms with Gasteiger partial charge in [0.05, 0.1) is 5.76 Å². The number of hydrogen-bond acceptors (Lipinski definition) is 2. The van der Waals surface area contributed by atoms with Crippen LogP contribution in [0.4, 0.5) is 0 Å². The van der Waals surface area contributed by atoms with E-state index >= 15 is 0 Å². The molecule has 0 radical (unpaired) electrons. The van der Waals surface area contributed by atoms with Gasteiger partial charge in [-0.25, -0.2) is 0 Å². The minimum atomic E-state index is -0.0793. The average molecular weight is 282 g/mol. The summed E-state index contributed by atoms with van der Waals surface area (Å²) in [5.41, 5.74) is 3.65. The molecule has 2 rings (SSSR count). The van der Waals surface area contributed by atoms with Gasteiger partial charge in [-0.15, -0.1) is 0 Å². The number of benzene rings is 1. The summed E-state index contributed by atoms with van der Waals surface area (Å²) in [6, 6.07) is 6.36. The third kappa shape index (κ3) is 4.45. The Morgan fingerprint density at radius 2 is 1.86 bits per heavy atom. The third-order valence-electron chi connectivity index (χ3n) is 3.72. The van der Waals surface area contributed by atoms with Gasteiger partial charge in [0, 0.05) is 6.42 Å². The van der Waals surface area contributed by atoms with E-state index in [2.05, 4.69) is 32.0 Å². The highest BCUT2D eigenvalue weighted by Crippen LogP contribution is 2.27. The van der Waals surface area contributed by atoms with Gasteiger partial charge in [0.1, 0.15) is 6.10 Å². The molecule has 2 nitrogen and oxygen atoms in total. The molecule has 1 aromatic carbocycles. The molecule has 1 unspecified atom stereocenters. The normalized spacial score (nSPS) is 25.2. The van der Waals surface area contributed by atoms with Crippen LogP contribution >= 0.6 is 0 Å². The van der Waals surface area contributed by atoms with E-state index in [-0.39, 0.29) is 11.9 Å². The van der Waals surface area contributed by atoms with Crippen molar-refractivity contribution in [1.82, 2.24) is 0 Å². The zero-order valence-electron chi connectivity index (χ0n) is 12.9. The van der Waals surface area contributed by atoms with Gasteiger partial charge in [-0.3, -0.25) is 4.79 Å². The maximum Gasteiger partial charge on any atom is 0.155 e. The van der Waals surface area contributed by atoms with Crippen molar-refractivity contribution in [1.29, 1.82) is 0 Å². The first-order valence-corrected chi connectivity index (χ1v) is 7.34. The first-order valence-electron chi connectivity index (χ1n) is 7.34. The number of ketones is 1. The highest BCUT2D eigenvalue weighted by atomic mass is 16.5. The zero-order chi connectivity index (χ0) is 15.2. The molecule has 0 spiro atoms. The largest absolute Gasteiger partial charge is 0.490 e. The number of rotatable bonds is 1. The van der Waals surface area contributed by atoms with E-state index in [1.54, 1.807) is 12.2 Å². The first kappa shape index (κ1) is 15.3. The van der Waals surface area contributed by atoms with Crippen LogP contribution in [0.15, 0.2) is 54.3 Å². The van der Waals surface area contributed by atoms with Crippen molar-refractivity contribution in [3.8, 4) is 0 Å². The first-order chi connectivity index (χ1) is 10.1. The van der Waals surface area contributed by atoms with Crippen LogP contribution in [0.3, 0.4) is 0 Å². The highest BCUT2D eigenvalue weighted by Gasteiger charge is 2.15. The minimum absolute atomic E-state index is 0.0793. The summed E-state index contributed by atoms with van der Waals surface area (Å²) in [7, 11) is 0. The monoisotopic (exact) mass is 282 g/mol. The lowest BCUT2D eigenvalue weighted by atomic mass is 9.99. The predicted molar refractivity (Wildman–Crippen MR) is 86.0 cm³/mol. The van der Waals surface area contributed by atoms with Gasteiger partial charge < -0.3 is 4.74 Å². The minimum Gasteiger partial charge on any atom is -0.490 e. The molecule has 110 valence electrons. The number of carbonyl (C=O) groups is 1. The molecule has 0 saturated heterocycles. The summed E-state index contributed by atoms with van der Waals surface area (Å²) in [5, 5.41) is 0. The molecule has 1 atom stereocenters. The molecule has 0 amide bonds. The van der Waals surface area contributed by atoms with Gasteiger partial charge in [-0.1, -0.05) is 36.4 Å². The second-order valence-electron chi connectivity index (χ2n) is 5.48. The molecule has 1 heterocycles. The van der Waals surface area contributed by atoms with Crippen LogP contribution in [0.1, 0.15) is 42.6 Å². The summed E-state index contributed by atoms with van der Waals surface area (Å²) >= 11 is 0. The van der Waals surface area contributed by atoms with Crippen LogP contribution in [-0.4, -0.2) is 5.78 Å². The van der Waals surface area contributed by atoms with Crippen molar-refractivity contribution in [2.24, 2.45) is 0 Å². The summed E-state index contributed by atoms with van der Waals surface area (Å²) in [6.45, 7) is 6.15. The molecule has 0 fully saturated rings. The molecule has 0 aromatic heterocycles. The lowest BCUT2D eigenvalue weighted by Crippen LogP contribution is -2.06. The average Bonchev–Trinajstić information content (AvgIpc) is 2.48. The SMILES string of the molecule is C\C1=C/C=C\C=C\C(=O)CCC(c2ccc(C)c(C)c2)O1. The highest BCUT2D eigenvalue weighted by molar-refractivity contribution is 5.89. The Balaban J connectivity index is 2.28. The predicted octanol–water partition coefficient (Wildman–Crippen LogP) is 4.74. The van der Waals surface area contributed by atoms with Gasteiger partial charge >= 0.3 is 0 Å². The van der Waals surface area contributed by atoms with Crippen LogP contribution < -0.4 is 0 Å². The fraction of sp³-hybridized carbons (Fsp3) is 0.316. The molecule has 0 bridgehead atoms. The molecule has 1 aliphatic heterocycles. The standard InChI is InChI=1S/C19H22O2/c1-14-9-10-17(13-15(14)2)19-12-11-18(20)8-6-4-5-7-16(3)21-19/h4-10,13,19H,11-12H2,1-3H3/b5-4-,8-6+,16-7+. The van der Waals surface area contributed by atoms with Crippen molar-refractivity contribution in [2.45, 2.75) is 39.7 Å². The van der Waals surface area contributed by atoms with Crippen molar-refractivity contribution < 1.29 is 9.53 Å². The van der Waals surface area contributed by atoms with Gasteiger partial charge in [0.25, 0.3) is 0 Å². The number of hydrogen-bond donors (Lipinski definition) is 0. The quantitative estimate of drug-likeness (QED) is 0.743. The van der Waals surface area contributed by atoms with Crippen molar-refractivity contribution >= 4 is 5.78 Å². The Morgan fingerprint density at radius 1 is 1.05 bits per heavy atom. The third-order valence-corrected chi connectivity index (χ3v) is 3.72. The fourth-order valence-corrected chi connectivity index (χ4v) is 2.30. The number of allylic oxidation sites excluding steroid dienone is 6. The molecular weight excluding hydrogens is 260 g/mol. The van der Waals surface area contributed by atoms with E-state index in [9.17, 15) is 4.79 Å². The number of ether oxygens (including phenoxy) is 1. The summed E-state index contributed by atoms with van der Waals surface area (Å²) < 4.78 is 6.04. The Hall–Kier alpha value is -2.09. The van der Waals surface area contributed by atoms with E-state index in [0.717, 1.165) is 11.3 Å². The van der Waals surface area contributed by atoms with E-state index in [1.807, 2.05) is 25.2 Å². The topological polar surface area (TPSA) is 26.3 Å². The number of aryl methyl sites for hydroxylation is 2. The molecule has 0 aliphatic carbocycles. The van der Waals surface area contributed by atoms with E-state index in [4.69, 9.17) is 4.74 Å². The summed E-state index contributed by atoms with van der Waals surface area (Å²) in [4.78, 5) is 11.8. The molecule has 2 heteroatoms. The lowest BCUT2D eigenvalue weighted by molar-refractivity contribution is -0.115. The second kappa shape index (κ2) is 7.07. The Kier molecular flexibility index (Phi) is 5.15. The summed E-state index contributed by atoms with van der Waals surface area (Å²) in [6.07, 6.45) is 10.2. The molecule has 1 aromatic rings. The molecule has 21 heavy (non-hydrogen) atoms. The van der Waals surface area contributed by atoms with Gasteiger partial charge in [-0.05, 0) is 56.0 Å². The second-order valence-corrected chi connectivity index (χ2v) is 5.48. The Labute approximate surface area is 126 Å². The van der Waals surface area contributed by atoms with Crippen LogP contribution in [0.5, 0.6) is 0 Å². The van der Waals surface area contributed by atoms with Crippen LogP contribution in [0.25, 0.3) is 0 Å². The maximum atomic E-state index is 11.8. The number of carbonyl (C=O) groups excluding carboxylic acids is 1. The van der Waals surface area contributed by atoms with Gasteiger partial charge in [0.15, 0.2) is 5.78 Å². The van der Waals surface area contributed by atoms with E-state index in [1.165, 1.54) is 11.1 Å². The molecular formula is C19H22O2. The van der Waals surface area contributed by atoms with Crippen LogP contribution in [0, 0.1) is 13.8 Å². The van der Waals surface area contributed by atoms with Crippen molar-refractivity contribution in [2.75, 3.05) is 0 Å². The van der Waals surface area contributed by atoms with Crippen molar-refractivity contribution in [3.05, 3.63) is 71.0 Å². The maximum absolute atomic E-state index is 11.8. The van der Waals surface area contributed by atoms with E-state index in [0.29, 0.717) is 12.8 Å². The molecule has 0 N–H and O–H groups in total. The van der Waals surface area contributed by atoms with Crippen molar-refractivity contribution in [3.63, 3.8) is 0 Å². The molecule has 1 aliphatic rings. The lowest BCUT2D eigenvalue weighted by Gasteiger charge is -2.20. The van der Waals surface area contributed by atoms with Gasteiger partial charge in [0.2, 0.25) is 0 Å². The fourth-order valence-electron chi connectivity index (χ4n) is 2.30. The zero-order valence-corrected chi connectivity index (χ0v) is 12.9. The smallest absolute Gasteiger partial charge is 0.155 e. The van der Waals surface area contributed by atoms with Crippen LogP contribution in [0.2, 0.25) is 0 Å².